The Labute approximate surface area is 184 Å². The van der Waals surface area contributed by atoms with Crippen molar-refractivity contribution in [3.05, 3.63) is 47.5 Å². The zero-order valence-corrected chi connectivity index (χ0v) is 19.2. The molecule has 1 aromatic carbocycles. The molecule has 1 rings (SSSR count). The number of carboxylic acids is 1. The number of rotatable bonds is 20. The Hall–Kier alpha value is -1.61. The zero-order valence-electron chi connectivity index (χ0n) is 19.2. The first-order valence-corrected chi connectivity index (χ1v) is 12.3. The van der Waals surface area contributed by atoms with E-state index in [1.165, 1.54) is 83.5 Å². The Balaban J connectivity index is 1.84. The van der Waals surface area contributed by atoms with E-state index in [2.05, 4.69) is 19.1 Å². The van der Waals surface area contributed by atoms with Crippen molar-refractivity contribution in [1.29, 1.82) is 0 Å². The van der Waals surface area contributed by atoms with Gasteiger partial charge in [0, 0.05) is 6.61 Å². The lowest BCUT2D eigenvalue weighted by atomic mass is 10.1. The molecule has 1 N–H and O–H groups in total. The lowest BCUT2D eigenvalue weighted by Gasteiger charge is -2.07. The second-order valence-electron chi connectivity index (χ2n) is 8.26. The summed E-state index contributed by atoms with van der Waals surface area (Å²) in [6, 6.07) is 7.17. The number of aromatic carboxylic acids is 1. The number of allylic oxidation sites excluding steroid dienone is 2. The largest absolute Gasteiger partial charge is 0.478 e. The molecule has 0 saturated heterocycles. The molecule has 0 aliphatic rings. The molecule has 3 nitrogen and oxygen atoms in total. The standard InChI is InChI=1S/C27H44O3/c1-2-3-4-5-6-7-8-9-10-11-12-13-14-15-16-19-23-30-24-22-25-20-17-18-21-26(25)27(28)29/h9-10,17-18,20-21H,2-8,11-16,19,22-24H2,1H3,(H,28,29). The summed E-state index contributed by atoms with van der Waals surface area (Å²) in [5.74, 6) is -0.862. The monoisotopic (exact) mass is 416 g/mol. The van der Waals surface area contributed by atoms with Crippen LogP contribution in [-0.4, -0.2) is 24.3 Å². The van der Waals surface area contributed by atoms with Gasteiger partial charge in [-0.1, -0.05) is 95.1 Å². The third-order valence-corrected chi connectivity index (χ3v) is 5.56. The summed E-state index contributed by atoms with van der Waals surface area (Å²) in [4.78, 5) is 11.2. The topological polar surface area (TPSA) is 46.5 Å². The molecule has 30 heavy (non-hydrogen) atoms. The quantitative estimate of drug-likeness (QED) is 0.173. The van der Waals surface area contributed by atoms with E-state index in [9.17, 15) is 9.90 Å². The predicted molar refractivity (Wildman–Crippen MR) is 127 cm³/mol. The molecular weight excluding hydrogens is 372 g/mol. The summed E-state index contributed by atoms with van der Waals surface area (Å²) >= 11 is 0. The fourth-order valence-electron chi connectivity index (χ4n) is 3.68. The van der Waals surface area contributed by atoms with Gasteiger partial charge < -0.3 is 9.84 Å². The number of carboxylic acid groups (broad SMARTS) is 1. The fourth-order valence-corrected chi connectivity index (χ4v) is 3.68. The summed E-state index contributed by atoms with van der Waals surface area (Å²) in [5.41, 5.74) is 1.24. The summed E-state index contributed by atoms with van der Waals surface area (Å²) in [5, 5.41) is 9.18. The SMILES string of the molecule is CCCCCCCCC=CCCCCCCCCOCCc1ccccc1C(=O)O. The van der Waals surface area contributed by atoms with E-state index < -0.39 is 5.97 Å². The number of hydrogen-bond donors (Lipinski definition) is 1. The number of unbranched alkanes of at least 4 members (excludes halogenated alkanes) is 12. The van der Waals surface area contributed by atoms with E-state index >= 15 is 0 Å². The van der Waals surface area contributed by atoms with Crippen LogP contribution in [0.5, 0.6) is 0 Å². The molecule has 0 aliphatic carbocycles. The van der Waals surface area contributed by atoms with Gasteiger partial charge in [0.15, 0.2) is 0 Å². The van der Waals surface area contributed by atoms with Gasteiger partial charge >= 0.3 is 5.97 Å². The van der Waals surface area contributed by atoms with Gasteiger partial charge in [-0.3, -0.25) is 0 Å². The summed E-state index contributed by atoms with van der Waals surface area (Å²) in [6.07, 6.45) is 23.8. The lowest BCUT2D eigenvalue weighted by molar-refractivity contribution is 0.0694. The summed E-state index contributed by atoms with van der Waals surface area (Å²) < 4.78 is 5.69. The number of ether oxygens (including phenoxy) is 1. The second kappa shape index (κ2) is 19.4. The highest BCUT2D eigenvalue weighted by Gasteiger charge is 2.08. The Morgan fingerprint density at radius 1 is 0.800 bits per heavy atom. The van der Waals surface area contributed by atoms with Gasteiger partial charge in [-0.2, -0.15) is 0 Å². The Morgan fingerprint density at radius 2 is 1.37 bits per heavy atom. The first kappa shape index (κ1) is 26.4. The van der Waals surface area contributed by atoms with Crippen LogP contribution in [-0.2, 0) is 11.2 Å². The van der Waals surface area contributed by atoms with Crippen molar-refractivity contribution in [2.45, 2.75) is 103 Å². The molecule has 0 saturated carbocycles. The highest BCUT2D eigenvalue weighted by molar-refractivity contribution is 5.89. The number of hydrogen-bond acceptors (Lipinski definition) is 2. The van der Waals surface area contributed by atoms with Gasteiger partial charge in [-0.25, -0.2) is 4.79 Å². The molecule has 0 bridgehead atoms. The van der Waals surface area contributed by atoms with Crippen LogP contribution in [0, 0.1) is 0 Å². The summed E-state index contributed by atoms with van der Waals surface area (Å²) in [7, 11) is 0. The second-order valence-corrected chi connectivity index (χ2v) is 8.26. The molecule has 170 valence electrons. The number of carbonyl (C=O) groups is 1. The molecule has 0 unspecified atom stereocenters. The van der Waals surface area contributed by atoms with E-state index in [4.69, 9.17) is 4.74 Å². The van der Waals surface area contributed by atoms with E-state index in [1.807, 2.05) is 12.1 Å². The van der Waals surface area contributed by atoms with E-state index in [0.717, 1.165) is 18.6 Å². The summed E-state index contributed by atoms with van der Waals surface area (Å²) in [6.45, 7) is 3.64. The maximum absolute atomic E-state index is 11.2. The molecule has 0 aromatic heterocycles. The van der Waals surface area contributed by atoms with Crippen LogP contribution in [0.1, 0.15) is 113 Å². The number of benzene rings is 1. The zero-order chi connectivity index (χ0) is 21.7. The van der Waals surface area contributed by atoms with Crippen LogP contribution in [0.4, 0.5) is 0 Å². The van der Waals surface area contributed by atoms with Crippen molar-refractivity contribution in [3.63, 3.8) is 0 Å². The van der Waals surface area contributed by atoms with Gasteiger partial charge in [0.2, 0.25) is 0 Å². The van der Waals surface area contributed by atoms with Crippen molar-refractivity contribution < 1.29 is 14.6 Å². The van der Waals surface area contributed by atoms with Crippen LogP contribution in [0.25, 0.3) is 0 Å². The molecule has 0 spiro atoms. The first-order valence-electron chi connectivity index (χ1n) is 12.3. The normalized spacial score (nSPS) is 11.4. The Bertz CT molecular complexity index is 565. The van der Waals surface area contributed by atoms with E-state index in [0.29, 0.717) is 18.6 Å². The highest BCUT2D eigenvalue weighted by atomic mass is 16.5. The molecule has 0 heterocycles. The van der Waals surface area contributed by atoms with Crippen molar-refractivity contribution in [2.75, 3.05) is 13.2 Å². The molecule has 0 atom stereocenters. The van der Waals surface area contributed by atoms with Crippen molar-refractivity contribution >= 4 is 5.97 Å². The third-order valence-electron chi connectivity index (χ3n) is 5.56. The Kier molecular flexibility index (Phi) is 17.1. The molecule has 0 fully saturated rings. The van der Waals surface area contributed by atoms with Gasteiger partial charge in [-0.15, -0.1) is 0 Å². The molecule has 0 amide bonds. The van der Waals surface area contributed by atoms with Gasteiger partial charge in [-0.05, 0) is 50.2 Å². The van der Waals surface area contributed by atoms with Crippen molar-refractivity contribution in [1.82, 2.24) is 0 Å². The Morgan fingerprint density at radius 3 is 2.00 bits per heavy atom. The van der Waals surface area contributed by atoms with Gasteiger partial charge in [0.1, 0.15) is 0 Å². The van der Waals surface area contributed by atoms with Crippen molar-refractivity contribution in [2.24, 2.45) is 0 Å². The minimum Gasteiger partial charge on any atom is -0.478 e. The van der Waals surface area contributed by atoms with Gasteiger partial charge in [0.05, 0.1) is 12.2 Å². The van der Waals surface area contributed by atoms with Crippen LogP contribution in [0.2, 0.25) is 0 Å². The molecule has 0 aliphatic heterocycles. The van der Waals surface area contributed by atoms with Crippen molar-refractivity contribution in [3.8, 4) is 0 Å². The fraction of sp³-hybridized carbons (Fsp3) is 0.667. The third kappa shape index (κ3) is 14.4. The van der Waals surface area contributed by atoms with E-state index in [-0.39, 0.29) is 0 Å². The molecule has 0 radical (unpaired) electrons. The predicted octanol–water partition coefficient (Wildman–Crippen LogP) is 7.98. The van der Waals surface area contributed by atoms with Crippen LogP contribution >= 0.6 is 0 Å². The van der Waals surface area contributed by atoms with Gasteiger partial charge in [0.25, 0.3) is 0 Å². The minimum atomic E-state index is -0.862. The maximum Gasteiger partial charge on any atom is 0.335 e. The lowest BCUT2D eigenvalue weighted by Crippen LogP contribution is -2.06. The molecular formula is C27H44O3. The first-order chi connectivity index (χ1) is 14.8. The molecule has 3 heteroatoms. The molecule has 1 aromatic rings. The van der Waals surface area contributed by atoms with Crippen LogP contribution in [0.15, 0.2) is 36.4 Å². The average Bonchev–Trinajstić information content (AvgIpc) is 2.75. The average molecular weight is 417 g/mol. The smallest absolute Gasteiger partial charge is 0.335 e. The van der Waals surface area contributed by atoms with Crippen LogP contribution in [0.3, 0.4) is 0 Å². The van der Waals surface area contributed by atoms with E-state index in [1.54, 1.807) is 12.1 Å². The maximum atomic E-state index is 11.2. The van der Waals surface area contributed by atoms with Crippen LogP contribution < -0.4 is 0 Å². The highest BCUT2D eigenvalue weighted by Crippen LogP contribution is 2.11. The minimum absolute atomic E-state index is 0.387.